The van der Waals surface area contributed by atoms with Crippen LogP contribution in [0, 0.1) is 0 Å². The van der Waals surface area contributed by atoms with E-state index in [0.29, 0.717) is 17.2 Å². The summed E-state index contributed by atoms with van der Waals surface area (Å²) >= 11 is 16.8. The van der Waals surface area contributed by atoms with Gasteiger partial charge in [-0.2, -0.15) is 5.10 Å². The van der Waals surface area contributed by atoms with Crippen LogP contribution in [-0.2, 0) is 62.6 Å². The van der Waals surface area contributed by atoms with E-state index in [1.165, 1.54) is 5.01 Å². The molecule has 0 amide bonds. The Morgan fingerprint density at radius 3 is 0.945 bits per heavy atom. The van der Waals surface area contributed by atoms with E-state index >= 15 is 0 Å². The third-order valence-corrected chi connectivity index (χ3v) is 21.1. The highest BCUT2D eigenvalue weighted by Crippen LogP contribution is 2.72. The van der Waals surface area contributed by atoms with Crippen molar-refractivity contribution in [1.82, 2.24) is 19.3 Å². The van der Waals surface area contributed by atoms with Crippen molar-refractivity contribution in [3.63, 3.8) is 0 Å². The zero-order chi connectivity index (χ0) is 53.9. The van der Waals surface area contributed by atoms with Crippen LogP contribution in [0.25, 0.3) is 0 Å². The normalized spacial score (nSPS) is 13.0. The molecular formula is C47H66N8O10P5S3+3. The third-order valence-electron chi connectivity index (χ3n) is 9.13. The van der Waals surface area contributed by atoms with Gasteiger partial charge in [-0.25, -0.2) is 0 Å². The molecule has 4 aromatic carbocycles. The lowest BCUT2D eigenvalue weighted by atomic mass is 10.2. The van der Waals surface area contributed by atoms with Crippen LogP contribution in [0.3, 0.4) is 0 Å². The summed E-state index contributed by atoms with van der Waals surface area (Å²) < 4.78 is 80.7. The molecule has 0 aliphatic heterocycles. The number of rotatable bonds is 30. The molecule has 0 heterocycles. The quantitative estimate of drug-likeness (QED) is 0.0274. The van der Waals surface area contributed by atoms with E-state index in [1.807, 2.05) is 84.9 Å². The van der Waals surface area contributed by atoms with E-state index in [4.69, 9.17) is 71.8 Å². The number of hydrazone groups is 4. The molecule has 0 radical (unpaired) electrons. The number of nitrogens with zero attached hydrogens (tertiary/aromatic N) is 8. The highest BCUT2D eigenvalue weighted by Gasteiger charge is 2.53. The Morgan fingerprint density at radius 2 is 0.699 bits per heavy atom. The SMILES string of the molecule is COc1ccc(/C=N/N(C)[P+](=S)Oc2ccc(/C=N/N(C)[P+](=S)Oc3ccc(/C=N/N(C)[P+](=S)Oc4ccc(/C=N/N(C)CC(P(=O)(OC(C)C)OC(C)C)P(=O)(OC(C)C)OC(C)C)cc4)cc3)cc2)cc1. The van der Waals surface area contributed by atoms with Gasteiger partial charge in [0.05, 0.1) is 84.1 Å². The lowest BCUT2D eigenvalue weighted by Gasteiger charge is -2.36. The van der Waals surface area contributed by atoms with Crippen molar-refractivity contribution in [2.24, 2.45) is 20.4 Å². The number of hydrogen-bond acceptors (Lipinski definition) is 18. The highest BCUT2D eigenvalue weighted by atomic mass is 32.4. The standard InChI is InChI=1S/C47H66N8O10P5S3/c1-35(2)62-69(56,63-36(3)4)47(70(57,64-37(5)6)65-38(7)8)34-52(9)48-30-39-16-24-44(25-17-39)59-67(72)54(11)50-32-41-20-28-46(29-21-41)61-68(73)55(12)51-33-42-18-26-45(27-19-42)60-66(71)53(10)49-31-40-14-22-43(58-13)23-15-40/h14-33,35-38,47H,34H2,1-13H3/q+3/b48-30+,49-31+,50-32+,51-33+. The maximum Gasteiger partial charge on any atom is 0.540 e. The molecule has 0 saturated heterocycles. The van der Waals surface area contributed by atoms with Gasteiger partial charge in [0.1, 0.15) is 5.75 Å². The zero-order valence-electron chi connectivity index (χ0n) is 43.3. The first kappa shape index (κ1) is 61.4. The molecule has 4 rings (SSSR count). The minimum Gasteiger partial charge on any atom is -0.497 e. The van der Waals surface area contributed by atoms with Gasteiger partial charge in [0, 0.05) is 7.05 Å². The average molecular weight is 1150 g/mol. The van der Waals surface area contributed by atoms with Crippen LogP contribution in [0.5, 0.6) is 23.0 Å². The molecule has 0 aromatic heterocycles. The van der Waals surface area contributed by atoms with Crippen molar-refractivity contribution < 1.29 is 45.5 Å². The van der Waals surface area contributed by atoms with E-state index in [-0.39, 0.29) is 6.54 Å². The Kier molecular flexibility index (Phi) is 25.0. The third kappa shape index (κ3) is 21.2. The Bertz CT molecular complexity index is 2580. The van der Waals surface area contributed by atoms with Crippen molar-refractivity contribution >= 4 is 96.7 Å². The molecule has 18 nitrogen and oxygen atoms in total. The second kappa shape index (κ2) is 29.8. The monoisotopic (exact) mass is 1150 g/mol. The molecule has 4 aromatic rings. The first-order valence-electron chi connectivity index (χ1n) is 22.9. The smallest absolute Gasteiger partial charge is 0.497 e. The molecule has 3 unspecified atom stereocenters. The van der Waals surface area contributed by atoms with Gasteiger partial charge < -0.3 is 22.8 Å². The summed E-state index contributed by atoms with van der Waals surface area (Å²) in [5.74, 6) is 2.52. The lowest BCUT2D eigenvalue weighted by Crippen LogP contribution is -2.31. The van der Waals surface area contributed by atoms with Crippen LogP contribution in [0.1, 0.15) is 77.6 Å². The minimum absolute atomic E-state index is 0.114. The van der Waals surface area contributed by atoms with Gasteiger partial charge in [-0.3, -0.25) is 27.7 Å². The summed E-state index contributed by atoms with van der Waals surface area (Å²) in [4.78, 5) is 0. The Labute approximate surface area is 448 Å². The van der Waals surface area contributed by atoms with E-state index in [1.54, 1.807) is 142 Å². The van der Waals surface area contributed by atoms with Crippen molar-refractivity contribution in [3.8, 4) is 23.0 Å². The zero-order valence-corrected chi connectivity index (χ0v) is 50.2. The summed E-state index contributed by atoms with van der Waals surface area (Å²) in [7, 11) is -4.12. The van der Waals surface area contributed by atoms with E-state index in [0.717, 1.165) is 28.0 Å². The summed E-state index contributed by atoms with van der Waals surface area (Å²) in [6, 6.07) is 29.5. The predicted molar refractivity (Wildman–Crippen MR) is 307 cm³/mol. The molecule has 0 bridgehead atoms. The number of ether oxygens (including phenoxy) is 1. The van der Waals surface area contributed by atoms with Crippen LogP contribution in [0.2, 0.25) is 0 Å². The van der Waals surface area contributed by atoms with Gasteiger partial charge in [-0.1, -0.05) is 14.3 Å². The number of benzene rings is 4. The van der Waals surface area contributed by atoms with Gasteiger partial charge in [-0.15, -0.1) is 15.3 Å². The second-order valence-corrected chi connectivity index (χ2v) is 28.1. The molecule has 394 valence electrons. The van der Waals surface area contributed by atoms with Gasteiger partial charge >= 0.3 is 36.4 Å². The molecule has 73 heavy (non-hydrogen) atoms. The molecule has 26 heteroatoms. The van der Waals surface area contributed by atoms with Crippen molar-refractivity contribution in [1.29, 1.82) is 0 Å². The molecule has 0 fully saturated rings. The highest BCUT2D eigenvalue weighted by molar-refractivity contribution is 8.02. The molecule has 0 spiro atoms. The fraction of sp³-hybridized carbons (Fsp3) is 0.404. The van der Waals surface area contributed by atoms with Crippen LogP contribution in [-0.4, -0.2) is 116 Å². The Morgan fingerprint density at radius 1 is 0.452 bits per heavy atom. The molecular weight excluding hydrogens is 1090 g/mol. The first-order valence-corrected chi connectivity index (χ1v) is 32.8. The van der Waals surface area contributed by atoms with Crippen molar-refractivity contribution in [2.45, 2.75) is 85.2 Å². The number of methoxy groups -OCH3 is 1. The minimum atomic E-state index is -4.10. The van der Waals surface area contributed by atoms with Crippen LogP contribution in [0.15, 0.2) is 117 Å². The van der Waals surface area contributed by atoms with Gasteiger partial charge in [0.25, 0.3) is 0 Å². The summed E-state index contributed by atoms with van der Waals surface area (Å²) in [5.41, 5.74) is 3.30. The predicted octanol–water partition coefficient (Wildman–Crippen LogP) is 12.7. The van der Waals surface area contributed by atoms with Crippen LogP contribution >= 0.6 is 36.4 Å². The fourth-order valence-corrected chi connectivity index (χ4v) is 14.6. The molecule has 0 saturated carbocycles. The molecule has 0 N–H and O–H groups in total. The van der Waals surface area contributed by atoms with Crippen molar-refractivity contribution in [3.05, 3.63) is 119 Å². The summed E-state index contributed by atoms with van der Waals surface area (Å²) in [6.07, 6.45) is 4.72. The fourth-order valence-electron chi connectivity index (χ4n) is 5.89. The summed E-state index contributed by atoms with van der Waals surface area (Å²) in [6.45, 7) is 13.8. The van der Waals surface area contributed by atoms with E-state index in [9.17, 15) is 9.13 Å². The molecule has 0 aliphatic rings. The van der Waals surface area contributed by atoms with Crippen LogP contribution < -0.4 is 18.3 Å². The van der Waals surface area contributed by atoms with Crippen molar-refractivity contribution in [2.75, 3.05) is 41.8 Å². The van der Waals surface area contributed by atoms with E-state index < -0.39 is 66.2 Å². The average Bonchev–Trinajstić information content (AvgIpc) is 3.32. The maximum absolute atomic E-state index is 14.5. The van der Waals surface area contributed by atoms with Gasteiger partial charge in [0.2, 0.25) is 35.4 Å². The maximum atomic E-state index is 14.5. The van der Waals surface area contributed by atoms with E-state index in [2.05, 4.69) is 20.4 Å². The first-order chi connectivity index (χ1) is 34.5. The number of hydrogen-bond donors (Lipinski definition) is 0. The largest absolute Gasteiger partial charge is 0.540 e. The van der Waals surface area contributed by atoms with Crippen LogP contribution in [0.4, 0.5) is 0 Å². The Hall–Kier alpha value is -4.18. The topological polar surface area (TPSA) is 170 Å². The van der Waals surface area contributed by atoms with Gasteiger partial charge in [-0.05, 0) is 175 Å². The second-order valence-electron chi connectivity index (χ2n) is 16.9. The molecule has 3 atom stereocenters. The summed E-state index contributed by atoms with van der Waals surface area (Å²) in [5, 5.41) is 18.2. The lowest BCUT2D eigenvalue weighted by molar-refractivity contribution is 0.118. The van der Waals surface area contributed by atoms with Gasteiger partial charge in [0.15, 0.2) is 22.6 Å². The Balaban J connectivity index is 1.27. The molecule has 0 aliphatic carbocycles.